The molecular formula is C93H113BN6O8Zn. The first-order chi connectivity index (χ1) is 51.7. The minimum absolute atomic E-state index is 0. The van der Waals surface area contributed by atoms with Crippen LogP contribution in [0.5, 0.6) is 0 Å². The van der Waals surface area contributed by atoms with Gasteiger partial charge in [0, 0.05) is 29.8 Å². The molecule has 5 aromatic heterocycles. The van der Waals surface area contributed by atoms with E-state index in [1.165, 1.54) is 67.5 Å². The number of fused-ring (bicyclic) bond motifs is 10. The minimum Gasteiger partial charge on any atom is -0.657 e. The molecule has 568 valence electrons. The number of rotatable bonds is 26. The number of hydrogen-bond acceptors (Lipinski definition) is 10. The molecule has 4 aliphatic rings. The molecule has 14 nitrogen and oxygen atoms in total. The van der Waals surface area contributed by atoms with Crippen molar-refractivity contribution in [3.63, 3.8) is 0 Å². The monoisotopic (exact) mass is 1520 g/mol. The van der Waals surface area contributed by atoms with Gasteiger partial charge in [-0.25, -0.2) is 14.5 Å². The van der Waals surface area contributed by atoms with Gasteiger partial charge in [0.2, 0.25) is 0 Å². The summed E-state index contributed by atoms with van der Waals surface area (Å²) in [4.78, 5) is 81.7. The molecule has 9 aromatic rings. The molecule has 13 rings (SSSR count). The van der Waals surface area contributed by atoms with Gasteiger partial charge >= 0.3 is 26.6 Å². The van der Waals surface area contributed by atoms with Gasteiger partial charge in [0.1, 0.15) is 0 Å². The van der Waals surface area contributed by atoms with Crippen LogP contribution >= 0.6 is 0 Å². The molecule has 2 saturated heterocycles. The molecule has 2 fully saturated rings. The van der Waals surface area contributed by atoms with Gasteiger partial charge in [-0.3, -0.25) is 23.7 Å². The van der Waals surface area contributed by atoms with Gasteiger partial charge in [-0.05, 0) is 164 Å². The number of aromatic nitrogens is 6. The second-order valence-corrected chi connectivity index (χ2v) is 34.2. The number of unbranched alkanes of at least 4 members (excludes halogenated alkanes) is 12. The fourth-order valence-corrected chi connectivity index (χ4v) is 16.8. The maximum Gasteiger partial charge on any atom is 2.00 e. The number of benzene rings is 4. The topological polar surface area (TPSA) is 169 Å². The molecule has 0 amide bonds. The fourth-order valence-electron chi connectivity index (χ4n) is 16.8. The minimum atomic E-state index is -0.810. The Morgan fingerprint density at radius 1 is 0.505 bits per heavy atom. The molecule has 9 heterocycles. The smallest absolute Gasteiger partial charge is 0.657 e. The van der Waals surface area contributed by atoms with E-state index >= 15 is 0 Å². The normalized spacial score (nSPS) is 16.4. The molecule has 4 aromatic carbocycles. The van der Waals surface area contributed by atoms with Crippen molar-refractivity contribution in [3.05, 3.63) is 194 Å². The van der Waals surface area contributed by atoms with Crippen LogP contribution in [-0.2, 0) is 61.9 Å². The van der Waals surface area contributed by atoms with Crippen LogP contribution in [0, 0.1) is 19.3 Å². The first-order valence-electron chi connectivity index (χ1n) is 40.6. The molecule has 4 aliphatic heterocycles. The third-order valence-electron chi connectivity index (χ3n) is 23.3. The predicted octanol–water partition coefficient (Wildman–Crippen LogP) is 20.4. The Kier molecular flexibility index (Phi) is 25.0. The van der Waals surface area contributed by atoms with Crippen LogP contribution in [0.1, 0.15) is 287 Å². The molecule has 109 heavy (non-hydrogen) atoms. The molecule has 0 N–H and O–H groups in total. The van der Waals surface area contributed by atoms with Crippen LogP contribution in [0.4, 0.5) is 0 Å². The zero-order valence-corrected chi connectivity index (χ0v) is 71.0. The van der Waals surface area contributed by atoms with Crippen molar-refractivity contribution in [2.75, 3.05) is 26.4 Å². The third kappa shape index (κ3) is 16.4. The Hall–Kier alpha value is -7.71. The number of nitrogens with zero attached hydrogens (tertiary/aromatic N) is 6. The van der Waals surface area contributed by atoms with Crippen LogP contribution in [0.25, 0.3) is 93.8 Å². The Morgan fingerprint density at radius 2 is 0.936 bits per heavy atom. The number of hydrogen-bond donors (Lipinski definition) is 0. The summed E-state index contributed by atoms with van der Waals surface area (Å²) in [5, 5.41) is 0.336. The first kappa shape index (κ1) is 80.8. The molecule has 0 saturated carbocycles. The van der Waals surface area contributed by atoms with Gasteiger partial charge in [0.25, 0.3) is 22.2 Å². The summed E-state index contributed by atoms with van der Waals surface area (Å²) in [5.74, 6) is 0. The number of aryl methyl sites for hydroxylation is 4. The van der Waals surface area contributed by atoms with Crippen molar-refractivity contribution < 1.29 is 38.3 Å². The van der Waals surface area contributed by atoms with Crippen molar-refractivity contribution in [1.82, 2.24) is 29.1 Å². The number of ether oxygens (including phenoxy) is 2. The van der Waals surface area contributed by atoms with Crippen molar-refractivity contribution in [2.45, 2.75) is 262 Å². The van der Waals surface area contributed by atoms with Gasteiger partial charge in [-0.1, -0.05) is 255 Å². The second-order valence-electron chi connectivity index (χ2n) is 34.2. The van der Waals surface area contributed by atoms with Crippen molar-refractivity contribution in [2.24, 2.45) is 5.41 Å². The maximum atomic E-state index is 14.5. The second kappa shape index (κ2) is 33.7. The van der Waals surface area contributed by atoms with Crippen molar-refractivity contribution in [3.8, 4) is 27.9 Å². The van der Waals surface area contributed by atoms with Crippen molar-refractivity contribution in [1.29, 1.82) is 0 Å². The molecular weight excluding hydrogens is 1410 g/mol. The zero-order chi connectivity index (χ0) is 76.7. The largest absolute Gasteiger partial charge is 2.00 e. The van der Waals surface area contributed by atoms with E-state index in [1.807, 2.05) is 39.0 Å². The van der Waals surface area contributed by atoms with Crippen LogP contribution in [0.3, 0.4) is 0 Å². The van der Waals surface area contributed by atoms with E-state index in [0.29, 0.717) is 18.9 Å². The first-order valence-corrected chi connectivity index (χ1v) is 40.6. The van der Waals surface area contributed by atoms with Crippen LogP contribution in [0.2, 0.25) is 0 Å². The molecule has 0 unspecified atom stereocenters. The predicted molar refractivity (Wildman–Crippen MR) is 446 cm³/mol. The van der Waals surface area contributed by atoms with Gasteiger partial charge in [-0.15, -0.1) is 22.1 Å². The molecule has 0 spiro atoms. The average molecular weight is 1520 g/mol. The Balaban J connectivity index is 0.0000111. The van der Waals surface area contributed by atoms with Gasteiger partial charge in [0.15, 0.2) is 6.29 Å². The quantitative estimate of drug-likeness (QED) is 0.0372. The number of allylic oxidation sites excluding steroid dienone is 4. The summed E-state index contributed by atoms with van der Waals surface area (Å²) in [6.45, 7) is 36.2. The molecule has 0 aliphatic carbocycles. The van der Waals surface area contributed by atoms with E-state index in [9.17, 15) is 19.2 Å². The summed E-state index contributed by atoms with van der Waals surface area (Å²) in [7, 11) is -0.444. The Morgan fingerprint density at radius 3 is 1.38 bits per heavy atom. The van der Waals surface area contributed by atoms with Gasteiger partial charge in [0.05, 0.1) is 69.3 Å². The standard InChI is InChI=1S/C93H113BN6O8.Zn/c1-17-21-25-29-33-66-56(5)82-80(60-37-39-62(40-38-60)90-105-52-65(53-106-90)99-86(101)70-48-72-73(49-71(70)87(99)102)89(104)100(88(72)103)79-47-63(91(9,10)11)43-46-74(79)92(12,13)14)83-57(6)67(34-30-26-22-18-2)76(96-83)51-78-69(36-32-28-24-20-4)59(8)85(98-78)81(61-41-44-64(45-42-61)94-107-54-93(15,16)55-108-94)84-58(7)68(35-31-27-23-19-3)77(97-84)50-75(66)95-82;/h37-51,65,90H,17-36,52-55H2,1-16H3;/q-2;+2. The van der Waals surface area contributed by atoms with E-state index in [1.54, 1.807) is 0 Å². The summed E-state index contributed by atoms with van der Waals surface area (Å²) < 4.78 is 28.2. The van der Waals surface area contributed by atoms with E-state index in [0.717, 1.165) is 216 Å². The maximum absolute atomic E-state index is 14.5. The summed E-state index contributed by atoms with van der Waals surface area (Å²) >= 11 is 0. The van der Waals surface area contributed by atoms with E-state index in [-0.39, 0.29) is 65.1 Å². The average Bonchev–Trinajstić information content (AvgIpc) is 1.58. The van der Waals surface area contributed by atoms with E-state index in [4.69, 9.17) is 38.7 Å². The SMILES string of the molecule is CCCCCCC1=C(C)c2nc1cc1[n-]c(c(C)c1CCCCCC)c(-c1ccc(B3OCC(C)(C)CO3)cc1)c1[n-]c(cc3nc(c2-c2ccc(C4OCC(n5c(=O)c6cc7c(=O)n(-c8cc(C(C)(C)C)ccc8C(C)(C)C)c(=O)c7cc6c5=O)CO4)cc2)C(C)=C3CCCCCC)c(CCCCCC)c1C.[Zn+2]. The Labute approximate surface area is 658 Å². The Bertz CT molecular complexity index is 5100. The van der Waals surface area contributed by atoms with Gasteiger partial charge in [-0.2, -0.15) is 0 Å². The molecule has 0 radical (unpaired) electrons. The molecule has 8 bridgehead atoms. The van der Waals surface area contributed by atoms with Gasteiger partial charge < -0.3 is 28.8 Å². The summed E-state index contributed by atoms with van der Waals surface area (Å²) in [6.07, 6.45) is 20.5. The van der Waals surface area contributed by atoms with Crippen molar-refractivity contribution >= 4 is 78.5 Å². The summed E-state index contributed by atoms with van der Waals surface area (Å²) in [5.41, 5.74) is 22.3. The van der Waals surface area contributed by atoms with Crippen LogP contribution < -0.4 is 37.7 Å². The third-order valence-corrected chi connectivity index (χ3v) is 23.3. The van der Waals surface area contributed by atoms with Crippen LogP contribution in [0.15, 0.2) is 110 Å². The summed E-state index contributed by atoms with van der Waals surface area (Å²) in [6, 6.07) is 29.9. The molecule has 0 atom stereocenters. The van der Waals surface area contributed by atoms with Crippen LogP contribution in [-0.4, -0.2) is 52.6 Å². The zero-order valence-electron chi connectivity index (χ0n) is 68.0. The van der Waals surface area contributed by atoms with E-state index < -0.39 is 47.1 Å². The van der Waals surface area contributed by atoms with E-state index in [2.05, 4.69) is 151 Å². The molecule has 16 heteroatoms. The fraction of sp³-hybridized carbons (Fsp3) is 0.484.